The number of urea groups is 1. The summed E-state index contributed by atoms with van der Waals surface area (Å²) in [5.41, 5.74) is 2.50. The van der Waals surface area contributed by atoms with Gasteiger partial charge in [-0.15, -0.1) is 0 Å². The van der Waals surface area contributed by atoms with E-state index in [0.29, 0.717) is 18.7 Å². The van der Waals surface area contributed by atoms with Crippen LogP contribution in [0.3, 0.4) is 0 Å². The Labute approximate surface area is 162 Å². The lowest BCUT2D eigenvalue weighted by Crippen LogP contribution is -2.51. The van der Waals surface area contributed by atoms with Crippen LogP contribution in [0.2, 0.25) is 0 Å². The Hall–Kier alpha value is -3.41. The Balaban J connectivity index is 1.42. The molecule has 28 heavy (non-hydrogen) atoms. The van der Waals surface area contributed by atoms with Crippen molar-refractivity contribution in [1.29, 1.82) is 0 Å². The molecule has 140 valence electrons. The molecule has 6 nitrogen and oxygen atoms in total. The van der Waals surface area contributed by atoms with Crippen LogP contribution in [-0.2, 0) is 24.2 Å². The van der Waals surface area contributed by atoms with Crippen molar-refractivity contribution in [3.63, 3.8) is 0 Å². The molecular formula is C22H20N4O2. The van der Waals surface area contributed by atoms with Gasteiger partial charge in [0.15, 0.2) is 0 Å². The highest BCUT2D eigenvalue weighted by molar-refractivity contribution is 6.07. The maximum absolute atomic E-state index is 13.3. The zero-order valence-corrected chi connectivity index (χ0v) is 15.3. The Morgan fingerprint density at radius 2 is 1.75 bits per heavy atom. The lowest BCUT2D eigenvalue weighted by Gasteiger charge is -2.32. The zero-order valence-electron chi connectivity index (χ0n) is 15.3. The van der Waals surface area contributed by atoms with Crippen molar-refractivity contribution in [2.24, 2.45) is 0 Å². The third-order valence-electron chi connectivity index (χ3n) is 5.73. The van der Waals surface area contributed by atoms with Gasteiger partial charge < -0.3 is 9.88 Å². The number of benzene rings is 2. The molecule has 1 aliphatic heterocycles. The van der Waals surface area contributed by atoms with Crippen LogP contribution >= 0.6 is 0 Å². The van der Waals surface area contributed by atoms with E-state index in [9.17, 15) is 9.59 Å². The molecule has 1 spiro atoms. The second-order valence-corrected chi connectivity index (χ2v) is 7.40. The lowest BCUT2D eigenvalue weighted by molar-refractivity contribution is -0.132. The van der Waals surface area contributed by atoms with Crippen molar-refractivity contribution < 1.29 is 9.59 Å². The van der Waals surface area contributed by atoms with Gasteiger partial charge in [-0.3, -0.25) is 9.69 Å². The minimum atomic E-state index is -0.838. The molecule has 0 radical (unpaired) electrons. The third kappa shape index (κ3) is 2.60. The van der Waals surface area contributed by atoms with E-state index >= 15 is 0 Å². The molecule has 1 fully saturated rings. The molecule has 1 aromatic heterocycles. The Morgan fingerprint density at radius 3 is 2.57 bits per heavy atom. The Morgan fingerprint density at radius 1 is 1.00 bits per heavy atom. The molecule has 2 heterocycles. The lowest BCUT2D eigenvalue weighted by atomic mass is 9.78. The highest BCUT2D eigenvalue weighted by Gasteiger charge is 2.52. The van der Waals surface area contributed by atoms with Gasteiger partial charge in [0.1, 0.15) is 11.4 Å². The summed E-state index contributed by atoms with van der Waals surface area (Å²) in [6, 6.07) is 17.6. The van der Waals surface area contributed by atoms with Gasteiger partial charge in [-0.25, -0.2) is 9.78 Å². The van der Waals surface area contributed by atoms with Crippen LogP contribution in [-0.4, -0.2) is 31.9 Å². The third-order valence-corrected chi connectivity index (χ3v) is 5.73. The first-order valence-corrected chi connectivity index (χ1v) is 9.45. The first kappa shape index (κ1) is 16.7. The van der Waals surface area contributed by atoms with Crippen LogP contribution in [0.4, 0.5) is 4.79 Å². The zero-order chi connectivity index (χ0) is 19.1. The summed E-state index contributed by atoms with van der Waals surface area (Å²) in [5.74, 6) is 0.498. The minimum absolute atomic E-state index is 0.149. The van der Waals surface area contributed by atoms with Crippen molar-refractivity contribution in [3.8, 4) is 5.69 Å². The molecule has 2 aromatic carbocycles. The van der Waals surface area contributed by atoms with E-state index in [1.54, 1.807) is 6.20 Å². The predicted octanol–water partition coefficient (Wildman–Crippen LogP) is 2.85. The monoisotopic (exact) mass is 372 g/mol. The molecule has 1 N–H and O–H groups in total. The van der Waals surface area contributed by atoms with Crippen molar-refractivity contribution in [3.05, 3.63) is 83.9 Å². The van der Waals surface area contributed by atoms with E-state index in [1.807, 2.05) is 59.3 Å². The van der Waals surface area contributed by atoms with Gasteiger partial charge in [0.25, 0.3) is 5.91 Å². The summed E-state index contributed by atoms with van der Waals surface area (Å²) >= 11 is 0. The van der Waals surface area contributed by atoms with Crippen LogP contribution in [0.5, 0.6) is 0 Å². The Kier molecular flexibility index (Phi) is 3.79. The van der Waals surface area contributed by atoms with Crippen molar-refractivity contribution in [2.75, 3.05) is 0 Å². The predicted molar refractivity (Wildman–Crippen MR) is 104 cm³/mol. The molecule has 1 aliphatic carbocycles. The summed E-state index contributed by atoms with van der Waals surface area (Å²) < 4.78 is 1.90. The van der Waals surface area contributed by atoms with Crippen LogP contribution in [0, 0.1) is 0 Å². The smallest absolute Gasteiger partial charge is 0.323 e. The molecule has 5 rings (SSSR count). The van der Waals surface area contributed by atoms with Crippen molar-refractivity contribution in [1.82, 2.24) is 19.8 Å². The second kappa shape index (κ2) is 6.34. The number of carbonyl (C=O) groups excluding carboxylic acids is 2. The number of imidazole rings is 1. The Bertz CT molecular complexity index is 1060. The summed E-state index contributed by atoms with van der Waals surface area (Å²) in [6.45, 7) is 0.149. The van der Waals surface area contributed by atoms with Crippen LogP contribution in [0.1, 0.15) is 23.4 Å². The number of carbonyl (C=O) groups is 2. The molecule has 0 saturated carbocycles. The van der Waals surface area contributed by atoms with Gasteiger partial charge in [0.05, 0.1) is 6.54 Å². The highest BCUT2D eigenvalue weighted by atomic mass is 16.2. The van der Waals surface area contributed by atoms with Gasteiger partial charge in [-0.2, -0.15) is 0 Å². The van der Waals surface area contributed by atoms with Gasteiger partial charge in [-0.1, -0.05) is 42.5 Å². The van der Waals surface area contributed by atoms with E-state index in [-0.39, 0.29) is 18.5 Å². The second-order valence-electron chi connectivity index (χ2n) is 7.40. The number of aryl methyl sites for hydroxylation is 1. The standard InChI is InChI=1S/C22H20N4O2/c27-20-22(11-10-16-6-4-5-7-17(16)14-22)24-21(28)26(20)15-19-23-12-13-25(19)18-8-2-1-3-9-18/h1-9,12-13H,10-11,14-15H2,(H,24,28). The van der Waals surface area contributed by atoms with Gasteiger partial charge in [0.2, 0.25) is 0 Å². The first-order valence-electron chi connectivity index (χ1n) is 9.45. The van der Waals surface area contributed by atoms with Crippen molar-refractivity contribution >= 4 is 11.9 Å². The summed E-state index contributed by atoms with van der Waals surface area (Å²) in [5, 5.41) is 2.98. The molecule has 2 aliphatic rings. The molecular weight excluding hydrogens is 352 g/mol. The quantitative estimate of drug-likeness (QED) is 0.719. The number of hydrogen-bond acceptors (Lipinski definition) is 3. The molecule has 6 heteroatoms. The molecule has 1 saturated heterocycles. The SMILES string of the molecule is O=C1NC2(CCc3ccccc3C2)C(=O)N1Cc1nccn1-c1ccccc1. The van der Waals surface area contributed by atoms with Crippen LogP contribution in [0.25, 0.3) is 5.69 Å². The summed E-state index contributed by atoms with van der Waals surface area (Å²) in [4.78, 5) is 31.7. The number of fused-ring (bicyclic) bond motifs is 1. The van der Waals surface area contributed by atoms with E-state index in [4.69, 9.17) is 0 Å². The van der Waals surface area contributed by atoms with Crippen LogP contribution < -0.4 is 5.32 Å². The number of hydrogen-bond donors (Lipinski definition) is 1. The topological polar surface area (TPSA) is 67.2 Å². The maximum Gasteiger partial charge on any atom is 0.325 e. The average Bonchev–Trinajstić information content (AvgIpc) is 3.28. The maximum atomic E-state index is 13.3. The number of nitrogens with one attached hydrogen (secondary N) is 1. The molecule has 3 amide bonds. The fourth-order valence-corrected chi connectivity index (χ4v) is 4.26. The highest BCUT2D eigenvalue weighted by Crippen LogP contribution is 2.34. The molecule has 1 atom stereocenters. The minimum Gasteiger partial charge on any atom is -0.323 e. The summed E-state index contributed by atoms with van der Waals surface area (Å²) in [7, 11) is 0. The van der Waals surface area contributed by atoms with E-state index in [0.717, 1.165) is 17.7 Å². The van der Waals surface area contributed by atoms with Crippen molar-refractivity contribution in [2.45, 2.75) is 31.3 Å². The van der Waals surface area contributed by atoms with Gasteiger partial charge >= 0.3 is 6.03 Å². The van der Waals surface area contributed by atoms with Gasteiger partial charge in [0, 0.05) is 24.5 Å². The average molecular weight is 372 g/mol. The number of rotatable bonds is 3. The first-order chi connectivity index (χ1) is 13.7. The fourth-order valence-electron chi connectivity index (χ4n) is 4.26. The number of imide groups is 1. The normalized spacial score (nSPS) is 21.1. The molecule has 3 aromatic rings. The number of nitrogens with zero attached hydrogens (tertiary/aromatic N) is 3. The molecule has 1 unspecified atom stereocenters. The van der Waals surface area contributed by atoms with E-state index < -0.39 is 5.54 Å². The number of amides is 3. The van der Waals surface area contributed by atoms with E-state index in [1.165, 1.54) is 10.5 Å². The van der Waals surface area contributed by atoms with E-state index in [2.05, 4.69) is 16.4 Å². The van der Waals surface area contributed by atoms with Gasteiger partial charge in [-0.05, 0) is 36.1 Å². The largest absolute Gasteiger partial charge is 0.325 e. The van der Waals surface area contributed by atoms with Crippen LogP contribution in [0.15, 0.2) is 67.0 Å². The number of para-hydroxylation sites is 1. The molecule has 0 bridgehead atoms. The summed E-state index contributed by atoms with van der Waals surface area (Å²) in [6.07, 6.45) is 5.48. The fraction of sp³-hybridized carbons (Fsp3) is 0.227. The number of aromatic nitrogens is 2.